The van der Waals surface area contributed by atoms with E-state index in [1.54, 1.807) is 18.2 Å². The molecular formula is C24H21BrF3NO3. The fourth-order valence-corrected chi connectivity index (χ4v) is 5.01. The Morgan fingerprint density at radius 1 is 1.00 bits per heavy atom. The Hall–Kier alpha value is -2.32. The molecule has 1 fully saturated rings. The van der Waals surface area contributed by atoms with Gasteiger partial charge in [-0.25, -0.2) is 0 Å². The van der Waals surface area contributed by atoms with Gasteiger partial charge in [0.05, 0.1) is 16.5 Å². The van der Waals surface area contributed by atoms with Crippen LogP contribution in [0.4, 0.5) is 13.2 Å². The summed E-state index contributed by atoms with van der Waals surface area (Å²) in [5, 5.41) is 0.128. The summed E-state index contributed by atoms with van der Waals surface area (Å²) in [6.07, 6.45) is 0.717. The number of nitrogens with zero attached hydrogens (tertiary/aromatic N) is 1. The van der Waals surface area contributed by atoms with Crippen molar-refractivity contribution in [2.24, 2.45) is 0 Å². The van der Waals surface area contributed by atoms with E-state index in [2.05, 4.69) is 20.8 Å². The second-order valence-corrected chi connectivity index (χ2v) is 9.29. The molecule has 4 nitrogen and oxygen atoms in total. The lowest BCUT2D eigenvalue weighted by atomic mass is 9.93. The van der Waals surface area contributed by atoms with Crippen molar-refractivity contribution in [3.8, 4) is 16.9 Å². The summed E-state index contributed by atoms with van der Waals surface area (Å²) in [6, 6.07) is 9.63. The minimum Gasteiger partial charge on any atom is -0.478 e. The van der Waals surface area contributed by atoms with Crippen LogP contribution in [0, 0.1) is 0 Å². The maximum absolute atomic E-state index is 14.0. The van der Waals surface area contributed by atoms with Gasteiger partial charge in [0.2, 0.25) is 11.2 Å². The monoisotopic (exact) mass is 507 g/mol. The standard InChI is InChI=1S/C24H21BrF3NO3/c25-15-8-6-14(7-9-15)20-21(30)17-10-11-19-18(22(17)32-23(20)24(26,27)28)12-29(13-31-19)16-4-2-1-3-5-16/h6-11,16H,1-5,12-13H2. The molecule has 3 aromatic rings. The van der Waals surface area contributed by atoms with E-state index in [0.29, 0.717) is 35.1 Å². The molecule has 0 atom stereocenters. The van der Waals surface area contributed by atoms with Gasteiger partial charge in [0.1, 0.15) is 18.1 Å². The molecule has 0 unspecified atom stereocenters. The van der Waals surface area contributed by atoms with E-state index in [-0.39, 0.29) is 16.5 Å². The molecule has 1 aromatic heterocycles. The second kappa shape index (κ2) is 8.23. The van der Waals surface area contributed by atoms with Gasteiger partial charge in [0, 0.05) is 17.1 Å². The third-order valence-corrected chi connectivity index (χ3v) is 6.88. The number of rotatable bonds is 2. The van der Waals surface area contributed by atoms with Crippen molar-refractivity contribution >= 4 is 26.9 Å². The van der Waals surface area contributed by atoms with Crippen LogP contribution in [0.15, 0.2) is 50.1 Å². The molecule has 1 aliphatic carbocycles. The molecule has 1 saturated carbocycles. The highest BCUT2D eigenvalue weighted by Crippen LogP contribution is 2.41. The zero-order chi connectivity index (χ0) is 22.5. The third kappa shape index (κ3) is 3.83. The molecule has 0 spiro atoms. The number of hydrogen-bond donors (Lipinski definition) is 0. The first-order chi connectivity index (χ1) is 15.3. The van der Waals surface area contributed by atoms with Gasteiger partial charge >= 0.3 is 6.18 Å². The van der Waals surface area contributed by atoms with Gasteiger partial charge < -0.3 is 9.15 Å². The fraction of sp³-hybridized carbons (Fsp3) is 0.375. The lowest BCUT2D eigenvalue weighted by molar-refractivity contribution is -0.152. The van der Waals surface area contributed by atoms with Gasteiger partial charge in [-0.1, -0.05) is 47.3 Å². The Morgan fingerprint density at radius 2 is 1.72 bits per heavy atom. The van der Waals surface area contributed by atoms with Crippen molar-refractivity contribution in [3.63, 3.8) is 0 Å². The first-order valence-corrected chi connectivity index (χ1v) is 11.4. The van der Waals surface area contributed by atoms with E-state index >= 15 is 0 Å². The summed E-state index contributed by atoms with van der Waals surface area (Å²) in [5.74, 6) is -0.808. The zero-order valence-corrected chi connectivity index (χ0v) is 18.8. The van der Waals surface area contributed by atoms with E-state index in [0.717, 1.165) is 25.7 Å². The Labute approximate surface area is 191 Å². The molecular weight excluding hydrogens is 487 g/mol. The van der Waals surface area contributed by atoms with Crippen molar-refractivity contribution in [3.05, 3.63) is 62.4 Å². The van der Waals surface area contributed by atoms with Crippen LogP contribution < -0.4 is 10.2 Å². The summed E-state index contributed by atoms with van der Waals surface area (Å²) in [4.78, 5) is 15.5. The average Bonchev–Trinajstić information content (AvgIpc) is 2.79. The lowest BCUT2D eigenvalue weighted by Gasteiger charge is -2.37. The van der Waals surface area contributed by atoms with Crippen LogP contribution in [0.5, 0.6) is 5.75 Å². The number of hydrogen-bond acceptors (Lipinski definition) is 4. The Kier molecular flexibility index (Phi) is 5.53. The van der Waals surface area contributed by atoms with Gasteiger partial charge in [-0.15, -0.1) is 0 Å². The molecule has 0 amide bonds. The molecule has 5 rings (SSSR count). The maximum atomic E-state index is 14.0. The molecule has 0 radical (unpaired) electrons. The van der Waals surface area contributed by atoms with E-state index < -0.39 is 22.9 Å². The molecule has 32 heavy (non-hydrogen) atoms. The van der Waals surface area contributed by atoms with Crippen molar-refractivity contribution in [2.45, 2.75) is 50.9 Å². The number of benzene rings is 2. The second-order valence-electron chi connectivity index (χ2n) is 8.37. The van der Waals surface area contributed by atoms with Crippen molar-refractivity contribution in [1.29, 1.82) is 0 Å². The normalized spacial score (nSPS) is 17.9. The lowest BCUT2D eigenvalue weighted by Crippen LogP contribution is -2.41. The van der Waals surface area contributed by atoms with Crippen LogP contribution in [-0.2, 0) is 12.7 Å². The third-order valence-electron chi connectivity index (χ3n) is 6.35. The maximum Gasteiger partial charge on any atom is 0.450 e. The van der Waals surface area contributed by atoms with E-state index in [1.807, 2.05) is 0 Å². The quantitative estimate of drug-likeness (QED) is 0.385. The predicted molar refractivity (Wildman–Crippen MR) is 119 cm³/mol. The first-order valence-electron chi connectivity index (χ1n) is 10.7. The summed E-state index contributed by atoms with van der Waals surface area (Å²) < 4.78 is 54.2. The minimum atomic E-state index is -4.82. The average molecular weight is 508 g/mol. The first kappa shape index (κ1) is 21.5. The van der Waals surface area contributed by atoms with Crippen molar-refractivity contribution in [1.82, 2.24) is 4.90 Å². The topological polar surface area (TPSA) is 42.7 Å². The number of fused-ring (bicyclic) bond motifs is 3. The van der Waals surface area contributed by atoms with Gasteiger partial charge in [0.25, 0.3) is 0 Å². The van der Waals surface area contributed by atoms with Gasteiger partial charge in [-0.2, -0.15) is 13.2 Å². The van der Waals surface area contributed by atoms with Crippen LogP contribution in [0.2, 0.25) is 0 Å². The molecule has 168 valence electrons. The van der Waals surface area contributed by atoms with E-state index in [9.17, 15) is 18.0 Å². The molecule has 0 saturated heterocycles. The van der Waals surface area contributed by atoms with Gasteiger partial charge in [-0.3, -0.25) is 9.69 Å². The highest BCUT2D eigenvalue weighted by atomic mass is 79.9. The van der Waals surface area contributed by atoms with Crippen LogP contribution in [0.3, 0.4) is 0 Å². The van der Waals surface area contributed by atoms with E-state index in [4.69, 9.17) is 9.15 Å². The van der Waals surface area contributed by atoms with Gasteiger partial charge in [0.15, 0.2) is 0 Å². The molecule has 0 N–H and O–H groups in total. The molecule has 0 bridgehead atoms. The minimum absolute atomic E-state index is 0.0406. The van der Waals surface area contributed by atoms with Crippen molar-refractivity contribution < 1.29 is 22.3 Å². The highest BCUT2D eigenvalue weighted by molar-refractivity contribution is 9.10. The Bertz CT molecular complexity index is 1210. The summed E-state index contributed by atoms with van der Waals surface area (Å²) in [6.45, 7) is 0.783. The Morgan fingerprint density at radius 3 is 2.41 bits per heavy atom. The smallest absolute Gasteiger partial charge is 0.450 e. The summed E-state index contributed by atoms with van der Waals surface area (Å²) >= 11 is 3.27. The van der Waals surface area contributed by atoms with Crippen LogP contribution in [0.25, 0.3) is 22.1 Å². The molecule has 2 aromatic carbocycles. The van der Waals surface area contributed by atoms with Crippen LogP contribution in [-0.4, -0.2) is 17.7 Å². The summed E-state index contributed by atoms with van der Waals surface area (Å²) in [5.41, 5.74) is -0.545. The number of ether oxygens (including phenoxy) is 1. The highest BCUT2D eigenvalue weighted by Gasteiger charge is 2.40. The zero-order valence-electron chi connectivity index (χ0n) is 17.2. The predicted octanol–water partition coefficient (Wildman–Crippen LogP) is 6.73. The molecule has 2 heterocycles. The molecule has 2 aliphatic rings. The van der Waals surface area contributed by atoms with Crippen LogP contribution >= 0.6 is 15.9 Å². The Balaban J connectivity index is 1.68. The molecule has 1 aliphatic heterocycles. The molecule has 8 heteroatoms. The van der Waals surface area contributed by atoms with Gasteiger partial charge in [-0.05, 0) is 42.7 Å². The number of alkyl halides is 3. The fourth-order valence-electron chi connectivity index (χ4n) is 4.74. The van der Waals surface area contributed by atoms with Crippen molar-refractivity contribution in [2.75, 3.05) is 6.73 Å². The van der Waals surface area contributed by atoms with Crippen LogP contribution in [0.1, 0.15) is 43.4 Å². The largest absolute Gasteiger partial charge is 0.478 e. The van der Waals surface area contributed by atoms with E-state index in [1.165, 1.54) is 24.6 Å². The number of halogens is 4. The summed E-state index contributed by atoms with van der Waals surface area (Å²) in [7, 11) is 0. The SMILES string of the molecule is O=c1c(-c2ccc(Br)cc2)c(C(F)(F)F)oc2c3c(ccc12)OCN(C1CCCCC1)C3.